The molecule has 0 saturated carbocycles. The van der Waals surface area contributed by atoms with Crippen molar-refractivity contribution in [2.45, 2.75) is 35.6 Å². The van der Waals surface area contributed by atoms with Gasteiger partial charge in [-0.1, -0.05) is 0 Å². The topological polar surface area (TPSA) is 98.1 Å². The van der Waals surface area contributed by atoms with E-state index in [1.807, 2.05) is 11.0 Å². The predicted molar refractivity (Wildman–Crippen MR) is 106 cm³/mol. The second-order valence-corrected chi connectivity index (χ2v) is 9.97. The van der Waals surface area contributed by atoms with Gasteiger partial charge in [0.15, 0.2) is 5.13 Å². The number of hydrogen-bond donors (Lipinski definition) is 2. The Balaban J connectivity index is 1.53. The molecule has 2 aromatic rings. The quantitative estimate of drug-likeness (QED) is 0.718. The van der Waals surface area contributed by atoms with Gasteiger partial charge in [0, 0.05) is 30.1 Å². The molecular formula is C18H19F2N5O2S2. The highest BCUT2D eigenvalue weighted by molar-refractivity contribution is 7.93. The standard InChI is InChI=1S/C18H19F2N5O2S2/c19-18(20)10-17(4-1-6-25(17)12-18)11-23-15-3-2-14(8-13(15)9-21)29(26,27)24-16-22-5-7-28-16/h2-3,5,7-8,23H,1,4,6,10-12H2,(H,22,24)/t17-/m0/s1. The fourth-order valence-electron chi connectivity index (χ4n) is 4.17. The first-order chi connectivity index (χ1) is 13.7. The van der Waals surface area contributed by atoms with Gasteiger partial charge in [0.05, 0.1) is 22.7 Å². The van der Waals surface area contributed by atoms with E-state index in [1.165, 1.54) is 24.4 Å². The molecule has 29 heavy (non-hydrogen) atoms. The second kappa shape index (κ2) is 7.19. The van der Waals surface area contributed by atoms with Gasteiger partial charge < -0.3 is 5.32 Å². The summed E-state index contributed by atoms with van der Waals surface area (Å²) in [5.74, 6) is -2.71. The SMILES string of the molecule is N#Cc1cc(S(=O)(=O)Nc2nccs2)ccc1NC[C@@]12CCCN1CC(F)(F)C2. The molecule has 0 radical (unpaired) electrons. The fraction of sp³-hybridized carbons (Fsp3) is 0.444. The Labute approximate surface area is 171 Å². The summed E-state index contributed by atoms with van der Waals surface area (Å²) in [6.07, 6.45) is 2.80. The number of alkyl halides is 2. The van der Waals surface area contributed by atoms with Gasteiger partial charge in [-0.05, 0) is 37.6 Å². The first kappa shape index (κ1) is 20.0. The number of fused-ring (bicyclic) bond motifs is 1. The molecule has 2 aliphatic rings. The molecule has 0 spiro atoms. The van der Waals surface area contributed by atoms with Crippen LogP contribution in [0.4, 0.5) is 19.6 Å². The smallest absolute Gasteiger partial charge is 0.263 e. The van der Waals surface area contributed by atoms with Crippen LogP contribution in [0, 0.1) is 11.3 Å². The summed E-state index contributed by atoms with van der Waals surface area (Å²) in [5.41, 5.74) is -0.0669. The highest BCUT2D eigenvalue weighted by atomic mass is 32.2. The molecule has 2 N–H and O–H groups in total. The van der Waals surface area contributed by atoms with Crippen molar-refractivity contribution in [3.63, 3.8) is 0 Å². The summed E-state index contributed by atoms with van der Waals surface area (Å²) in [6, 6.07) is 6.14. The number of halogens is 2. The lowest BCUT2D eigenvalue weighted by atomic mass is 9.92. The highest BCUT2D eigenvalue weighted by Crippen LogP contribution is 2.46. The Morgan fingerprint density at radius 3 is 2.93 bits per heavy atom. The fourth-order valence-corrected chi connectivity index (χ4v) is 5.98. The summed E-state index contributed by atoms with van der Waals surface area (Å²) in [6.45, 7) is 0.683. The molecule has 0 unspecified atom stereocenters. The van der Waals surface area contributed by atoms with E-state index in [0.29, 0.717) is 18.7 Å². The number of nitriles is 1. The molecule has 3 heterocycles. The van der Waals surface area contributed by atoms with E-state index >= 15 is 0 Å². The molecule has 1 atom stereocenters. The Hall–Kier alpha value is -2.29. The third kappa shape index (κ3) is 3.92. The molecule has 1 aromatic carbocycles. The second-order valence-electron chi connectivity index (χ2n) is 7.40. The third-order valence-corrected chi connectivity index (χ3v) is 7.59. The minimum atomic E-state index is -3.88. The molecule has 1 aromatic heterocycles. The Kier molecular flexibility index (Phi) is 4.96. The highest BCUT2D eigenvalue weighted by Gasteiger charge is 2.56. The number of nitrogens with one attached hydrogen (secondary N) is 2. The number of nitrogens with zero attached hydrogens (tertiary/aromatic N) is 3. The molecule has 0 amide bonds. The number of benzene rings is 1. The molecule has 2 aliphatic heterocycles. The molecule has 2 saturated heterocycles. The van der Waals surface area contributed by atoms with Crippen LogP contribution < -0.4 is 10.0 Å². The van der Waals surface area contributed by atoms with E-state index in [-0.39, 0.29) is 35.1 Å². The van der Waals surface area contributed by atoms with Gasteiger partial charge in [-0.2, -0.15) is 5.26 Å². The number of sulfonamides is 1. The summed E-state index contributed by atoms with van der Waals surface area (Å²) in [5, 5.41) is 14.5. The third-order valence-electron chi connectivity index (χ3n) is 5.43. The minimum absolute atomic E-state index is 0.0668. The van der Waals surface area contributed by atoms with Gasteiger partial charge in [-0.15, -0.1) is 11.3 Å². The summed E-state index contributed by atoms with van der Waals surface area (Å²) >= 11 is 1.14. The van der Waals surface area contributed by atoms with Crippen LogP contribution in [0.25, 0.3) is 0 Å². The van der Waals surface area contributed by atoms with Crippen LogP contribution in [0.3, 0.4) is 0 Å². The van der Waals surface area contributed by atoms with E-state index in [4.69, 9.17) is 0 Å². The molecule has 0 aliphatic carbocycles. The Bertz CT molecular complexity index is 1050. The molecule has 4 rings (SSSR count). The monoisotopic (exact) mass is 439 g/mol. The average molecular weight is 440 g/mol. The normalized spacial score (nSPS) is 23.5. The van der Waals surface area contributed by atoms with Crippen LogP contribution in [0.1, 0.15) is 24.8 Å². The van der Waals surface area contributed by atoms with Crippen LogP contribution >= 0.6 is 11.3 Å². The number of hydrogen-bond acceptors (Lipinski definition) is 7. The minimum Gasteiger partial charge on any atom is -0.382 e. The van der Waals surface area contributed by atoms with E-state index in [1.54, 1.807) is 5.38 Å². The van der Waals surface area contributed by atoms with Gasteiger partial charge in [0.2, 0.25) is 0 Å². The van der Waals surface area contributed by atoms with Crippen LogP contribution in [-0.4, -0.2) is 49.4 Å². The lowest BCUT2D eigenvalue weighted by Crippen LogP contribution is -2.44. The lowest BCUT2D eigenvalue weighted by Gasteiger charge is -2.32. The van der Waals surface area contributed by atoms with Crippen molar-refractivity contribution in [2.24, 2.45) is 0 Å². The van der Waals surface area contributed by atoms with E-state index in [2.05, 4.69) is 15.0 Å². The zero-order valence-corrected chi connectivity index (χ0v) is 17.0. The maximum Gasteiger partial charge on any atom is 0.263 e. The summed E-state index contributed by atoms with van der Waals surface area (Å²) < 4.78 is 55.2. The van der Waals surface area contributed by atoms with Gasteiger partial charge in [0.1, 0.15) is 6.07 Å². The van der Waals surface area contributed by atoms with Crippen LogP contribution in [0.5, 0.6) is 0 Å². The van der Waals surface area contributed by atoms with Gasteiger partial charge in [-0.3, -0.25) is 9.62 Å². The maximum atomic E-state index is 13.9. The zero-order chi connectivity index (χ0) is 20.7. The predicted octanol–water partition coefficient (Wildman–Crippen LogP) is 3.10. The average Bonchev–Trinajstić information content (AvgIpc) is 3.34. The van der Waals surface area contributed by atoms with Crippen molar-refractivity contribution in [1.29, 1.82) is 5.26 Å². The number of aromatic nitrogens is 1. The summed E-state index contributed by atoms with van der Waals surface area (Å²) in [7, 11) is -3.88. The molecule has 154 valence electrons. The van der Waals surface area contributed by atoms with Crippen LogP contribution in [-0.2, 0) is 10.0 Å². The number of rotatable bonds is 6. The van der Waals surface area contributed by atoms with Gasteiger partial charge in [0.25, 0.3) is 15.9 Å². The molecule has 2 fully saturated rings. The first-order valence-electron chi connectivity index (χ1n) is 9.06. The van der Waals surface area contributed by atoms with Crippen molar-refractivity contribution in [2.75, 3.05) is 29.7 Å². The zero-order valence-electron chi connectivity index (χ0n) is 15.4. The number of thiazole rings is 1. The number of anilines is 2. The van der Waals surface area contributed by atoms with E-state index in [9.17, 15) is 22.5 Å². The van der Waals surface area contributed by atoms with E-state index < -0.39 is 21.5 Å². The largest absolute Gasteiger partial charge is 0.382 e. The van der Waals surface area contributed by atoms with Crippen molar-refractivity contribution in [1.82, 2.24) is 9.88 Å². The molecule has 0 bridgehead atoms. The van der Waals surface area contributed by atoms with Gasteiger partial charge >= 0.3 is 0 Å². The Morgan fingerprint density at radius 2 is 2.21 bits per heavy atom. The lowest BCUT2D eigenvalue weighted by molar-refractivity contribution is 0.00976. The Morgan fingerprint density at radius 1 is 1.38 bits per heavy atom. The molecular weight excluding hydrogens is 420 g/mol. The summed E-state index contributed by atoms with van der Waals surface area (Å²) in [4.78, 5) is 5.64. The van der Waals surface area contributed by atoms with Crippen molar-refractivity contribution in [3.05, 3.63) is 35.3 Å². The van der Waals surface area contributed by atoms with Crippen LogP contribution in [0.2, 0.25) is 0 Å². The molecule has 11 heteroatoms. The maximum absolute atomic E-state index is 13.9. The molecule has 7 nitrogen and oxygen atoms in total. The van der Waals surface area contributed by atoms with Gasteiger partial charge in [-0.25, -0.2) is 22.2 Å². The van der Waals surface area contributed by atoms with Crippen molar-refractivity contribution < 1.29 is 17.2 Å². The van der Waals surface area contributed by atoms with Crippen molar-refractivity contribution in [3.8, 4) is 6.07 Å². The van der Waals surface area contributed by atoms with E-state index in [0.717, 1.165) is 17.8 Å². The first-order valence-corrected chi connectivity index (χ1v) is 11.4. The van der Waals surface area contributed by atoms with Crippen molar-refractivity contribution >= 4 is 32.2 Å². The van der Waals surface area contributed by atoms with Crippen LogP contribution in [0.15, 0.2) is 34.7 Å².